The standard InChI is InChI=1S/C17H17N3O3S/c1-23-14-4-2-13(3-5-14)19-16(21)15-10-24-11-20(15)17(22)12-6-8-18-9-7-12/h2-9,15H,10-11H2,1H3,(H,19,21). The molecule has 2 heterocycles. The maximum atomic E-state index is 12.6. The summed E-state index contributed by atoms with van der Waals surface area (Å²) in [6, 6.07) is 9.92. The molecule has 1 aromatic carbocycles. The van der Waals surface area contributed by atoms with Crippen LogP contribution in [0.4, 0.5) is 5.69 Å². The van der Waals surface area contributed by atoms with Crippen molar-refractivity contribution < 1.29 is 14.3 Å². The summed E-state index contributed by atoms with van der Waals surface area (Å²) in [5, 5.41) is 2.86. The van der Waals surface area contributed by atoms with Gasteiger partial charge >= 0.3 is 0 Å². The Labute approximate surface area is 144 Å². The Balaban J connectivity index is 1.70. The highest BCUT2D eigenvalue weighted by Crippen LogP contribution is 2.24. The second-order valence-electron chi connectivity index (χ2n) is 5.24. The van der Waals surface area contributed by atoms with Gasteiger partial charge in [0.25, 0.3) is 5.91 Å². The molecule has 1 aliphatic rings. The molecule has 1 saturated heterocycles. The Kier molecular flexibility index (Phi) is 5.00. The molecule has 1 aromatic heterocycles. The molecule has 2 aromatic rings. The summed E-state index contributed by atoms with van der Waals surface area (Å²) < 4.78 is 5.10. The van der Waals surface area contributed by atoms with Gasteiger partial charge in [-0.05, 0) is 36.4 Å². The maximum absolute atomic E-state index is 12.6. The zero-order valence-corrected chi connectivity index (χ0v) is 14.0. The lowest BCUT2D eigenvalue weighted by Gasteiger charge is -2.23. The number of thioether (sulfide) groups is 1. The van der Waals surface area contributed by atoms with Gasteiger partial charge in [-0.2, -0.15) is 0 Å². The molecule has 0 radical (unpaired) electrons. The lowest BCUT2D eigenvalue weighted by molar-refractivity contribution is -0.119. The molecule has 2 amide bonds. The Morgan fingerprint density at radius 2 is 1.92 bits per heavy atom. The summed E-state index contributed by atoms with van der Waals surface area (Å²) in [7, 11) is 1.59. The maximum Gasteiger partial charge on any atom is 0.255 e. The number of benzene rings is 1. The number of hydrogen-bond acceptors (Lipinski definition) is 5. The zero-order chi connectivity index (χ0) is 16.9. The lowest BCUT2D eigenvalue weighted by Crippen LogP contribution is -2.44. The first-order valence-electron chi connectivity index (χ1n) is 7.42. The van der Waals surface area contributed by atoms with Crippen LogP contribution < -0.4 is 10.1 Å². The van der Waals surface area contributed by atoms with Crippen molar-refractivity contribution in [3.8, 4) is 5.75 Å². The normalized spacial score (nSPS) is 16.7. The number of carbonyl (C=O) groups excluding carboxylic acids is 2. The number of methoxy groups -OCH3 is 1. The molecule has 0 aliphatic carbocycles. The first-order valence-corrected chi connectivity index (χ1v) is 8.58. The van der Waals surface area contributed by atoms with Crippen LogP contribution in [-0.2, 0) is 4.79 Å². The van der Waals surface area contributed by atoms with Gasteiger partial charge in [0.15, 0.2) is 0 Å². The van der Waals surface area contributed by atoms with Crippen molar-refractivity contribution in [2.75, 3.05) is 24.1 Å². The van der Waals surface area contributed by atoms with E-state index in [0.717, 1.165) is 5.75 Å². The van der Waals surface area contributed by atoms with Crippen LogP contribution >= 0.6 is 11.8 Å². The predicted molar refractivity (Wildman–Crippen MR) is 93.1 cm³/mol. The molecule has 1 unspecified atom stereocenters. The van der Waals surface area contributed by atoms with Gasteiger partial charge in [-0.25, -0.2) is 0 Å². The molecular formula is C17H17N3O3S. The van der Waals surface area contributed by atoms with E-state index in [9.17, 15) is 9.59 Å². The minimum absolute atomic E-state index is 0.155. The van der Waals surface area contributed by atoms with E-state index in [1.165, 1.54) is 0 Å². The van der Waals surface area contributed by atoms with E-state index in [1.54, 1.807) is 72.6 Å². The third kappa shape index (κ3) is 3.51. The first-order chi connectivity index (χ1) is 11.7. The van der Waals surface area contributed by atoms with Crippen molar-refractivity contribution in [1.29, 1.82) is 0 Å². The quantitative estimate of drug-likeness (QED) is 0.922. The molecule has 0 bridgehead atoms. The molecule has 6 nitrogen and oxygen atoms in total. The van der Waals surface area contributed by atoms with Gasteiger partial charge in [0.05, 0.1) is 13.0 Å². The Morgan fingerprint density at radius 1 is 1.21 bits per heavy atom. The number of rotatable bonds is 4. The molecule has 3 rings (SSSR count). The average molecular weight is 343 g/mol. The molecule has 124 valence electrons. The van der Waals surface area contributed by atoms with Crippen molar-refractivity contribution in [3.63, 3.8) is 0 Å². The van der Waals surface area contributed by atoms with Crippen LogP contribution in [0.25, 0.3) is 0 Å². The van der Waals surface area contributed by atoms with Crippen molar-refractivity contribution in [3.05, 3.63) is 54.4 Å². The molecule has 1 aliphatic heterocycles. The monoisotopic (exact) mass is 343 g/mol. The van der Waals surface area contributed by atoms with Crippen LogP contribution in [0.5, 0.6) is 5.75 Å². The van der Waals surface area contributed by atoms with E-state index in [1.807, 2.05) is 0 Å². The minimum atomic E-state index is -0.488. The highest BCUT2D eigenvalue weighted by molar-refractivity contribution is 7.99. The molecule has 24 heavy (non-hydrogen) atoms. The Morgan fingerprint density at radius 3 is 2.58 bits per heavy atom. The number of carbonyl (C=O) groups is 2. The van der Waals surface area contributed by atoms with Gasteiger partial charge in [0.2, 0.25) is 5.91 Å². The van der Waals surface area contributed by atoms with E-state index in [0.29, 0.717) is 22.9 Å². The summed E-state index contributed by atoms with van der Waals surface area (Å²) in [5.74, 6) is 1.46. The number of pyridine rings is 1. The van der Waals surface area contributed by atoms with Gasteiger partial charge in [-0.15, -0.1) is 11.8 Å². The van der Waals surface area contributed by atoms with Crippen molar-refractivity contribution in [2.45, 2.75) is 6.04 Å². The third-order valence-corrected chi connectivity index (χ3v) is 4.74. The Hall–Kier alpha value is -2.54. The summed E-state index contributed by atoms with van der Waals surface area (Å²) >= 11 is 1.57. The van der Waals surface area contributed by atoms with E-state index in [2.05, 4.69) is 10.3 Å². The van der Waals surface area contributed by atoms with Crippen molar-refractivity contribution >= 4 is 29.3 Å². The topological polar surface area (TPSA) is 71.5 Å². The van der Waals surface area contributed by atoms with Crippen LogP contribution in [0.1, 0.15) is 10.4 Å². The highest BCUT2D eigenvalue weighted by atomic mass is 32.2. The molecule has 0 saturated carbocycles. The fourth-order valence-corrected chi connectivity index (χ4v) is 3.57. The highest BCUT2D eigenvalue weighted by Gasteiger charge is 2.35. The number of ether oxygens (including phenoxy) is 1. The van der Waals surface area contributed by atoms with Gasteiger partial charge < -0.3 is 15.0 Å². The van der Waals surface area contributed by atoms with Crippen LogP contribution in [0.2, 0.25) is 0 Å². The number of hydrogen-bond donors (Lipinski definition) is 1. The third-order valence-electron chi connectivity index (χ3n) is 3.73. The van der Waals surface area contributed by atoms with Crippen molar-refractivity contribution in [1.82, 2.24) is 9.88 Å². The van der Waals surface area contributed by atoms with E-state index >= 15 is 0 Å². The fraction of sp³-hybridized carbons (Fsp3) is 0.235. The minimum Gasteiger partial charge on any atom is -0.497 e. The molecule has 1 fully saturated rings. The summed E-state index contributed by atoms with van der Waals surface area (Å²) in [6.45, 7) is 0. The van der Waals surface area contributed by atoms with Gasteiger partial charge in [-0.1, -0.05) is 0 Å². The molecule has 1 N–H and O–H groups in total. The van der Waals surface area contributed by atoms with Crippen LogP contribution in [-0.4, -0.2) is 46.5 Å². The molecule has 7 heteroatoms. The molecule has 0 spiro atoms. The second-order valence-corrected chi connectivity index (χ2v) is 6.24. The van der Waals surface area contributed by atoms with Gasteiger partial charge in [0.1, 0.15) is 11.8 Å². The number of nitrogens with one attached hydrogen (secondary N) is 1. The van der Waals surface area contributed by atoms with Crippen molar-refractivity contribution in [2.24, 2.45) is 0 Å². The van der Waals surface area contributed by atoms with Crippen LogP contribution in [0.15, 0.2) is 48.8 Å². The fourth-order valence-electron chi connectivity index (χ4n) is 2.42. The summed E-state index contributed by atoms with van der Waals surface area (Å²) in [4.78, 5) is 30.6. The lowest BCUT2D eigenvalue weighted by atomic mass is 10.2. The van der Waals surface area contributed by atoms with E-state index in [4.69, 9.17) is 4.74 Å². The van der Waals surface area contributed by atoms with Crippen LogP contribution in [0.3, 0.4) is 0 Å². The van der Waals surface area contributed by atoms with E-state index in [-0.39, 0.29) is 11.8 Å². The number of aromatic nitrogens is 1. The van der Waals surface area contributed by atoms with Crippen LogP contribution in [0, 0.1) is 0 Å². The van der Waals surface area contributed by atoms with Gasteiger partial charge in [-0.3, -0.25) is 14.6 Å². The first kappa shape index (κ1) is 16.3. The molecular weight excluding hydrogens is 326 g/mol. The number of amides is 2. The number of nitrogens with zero attached hydrogens (tertiary/aromatic N) is 2. The number of anilines is 1. The smallest absolute Gasteiger partial charge is 0.255 e. The summed E-state index contributed by atoms with van der Waals surface area (Å²) in [6.07, 6.45) is 3.14. The van der Waals surface area contributed by atoms with E-state index < -0.39 is 6.04 Å². The largest absolute Gasteiger partial charge is 0.497 e. The zero-order valence-electron chi connectivity index (χ0n) is 13.1. The Bertz CT molecular complexity index is 722. The second kappa shape index (κ2) is 7.35. The molecule has 1 atom stereocenters. The SMILES string of the molecule is COc1ccc(NC(=O)C2CSCN2C(=O)c2ccncc2)cc1. The van der Waals surface area contributed by atoms with Gasteiger partial charge in [0, 0.05) is 29.4 Å². The summed E-state index contributed by atoms with van der Waals surface area (Å²) in [5.41, 5.74) is 1.21. The predicted octanol–water partition coefficient (Wildman–Crippen LogP) is 2.24. The average Bonchev–Trinajstić information content (AvgIpc) is 3.12.